The number of carbonyl (C=O) groups is 1. The van der Waals surface area contributed by atoms with Gasteiger partial charge in [0.25, 0.3) is 0 Å². The van der Waals surface area contributed by atoms with Crippen LogP contribution in [0, 0.1) is 11.3 Å². The van der Waals surface area contributed by atoms with E-state index in [1.165, 1.54) is 7.11 Å². The highest BCUT2D eigenvalue weighted by atomic mass is 16.8. The fourth-order valence-corrected chi connectivity index (χ4v) is 6.21. The average Bonchev–Trinajstić information content (AvgIpc) is 3.69. The van der Waals surface area contributed by atoms with Gasteiger partial charge in [0.2, 0.25) is 0 Å². The summed E-state index contributed by atoms with van der Waals surface area (Å²) >= 11 is 0. The van der Waals surface area contributed by atoms with Crippen molar-refractivity contribution in [3.05, 3.63) is 137 Å². The zero-order valence-corrected chi connectivity index (χ0v) is 24.3. The molecule has 2 aliphatic rings. The van der Waals surface area contributed by atoms with Crippen molar-refractivity contribution in [3.63, 3.8) is 0 Å². The minimum Gasteiger partial charge on any atom is -0.464 e. The van der Waals surface area contributed by atoms with Gasteiger partial charge in [0, 0.05) is 0 Å². The molecule has 8 nitrogen and oxygen atoms in total. The van der Waals surface area contributed by atoms with Crippen LogP contribution in [0.2, 0.25) is 0 Å². The molecule has 0 unspecified atom stereocenters. The second-order valence-corrected chi connectivity index (χ2v) is 11.1. The van der Waals surface area contributed by atoms with E-state index in [1.807, 2.05) is 74.5 Å². The summed E-state index contributed by atoms with van der Waals surface area (Å²) in [5.74, 6) is -1.42. The molecule has 8 heteroatoms. The smallest absolute Gasteiger partial charge is 0.356 e. The molecule has 43 heavy (non-hydrogen) atoms. The molecule has 6 rings (SSSR count). The predicted molar refractivity (Wildman–Crippen MR) is 159 cm³/mol. The number of imidazole rings is 1. The maximum atomic E-state index is 12.9. The summed E-state index contributed by atoms with van der Waals surface area (Å²) in [6.45, 7) is 3.97. The van der Waals surface area contributed by atoms with Crippen LogP contribution in [0.5, 0.6) is 0 Å². The van der Waals surface area contributed by atoms with E-state index < -0.39 is 35.6 Å². The number of esters is 1. The number of aromatic nitrogens is 2. The third kappa shape index (κ3) is 5.17. The Morgan fingerprint density at radius 1 is 0.953 bits per heavy atom. The first-order valence-electron chi connectivity index (χ1n) is 14.3. The lowest BCUT2D eigenvalue weighted by atomic mass is 9.80. The molecule has 0 N–H and O–H groups in total. The number of hydrogen-bond donors (Lipinski definition) is 0. The maximum absolute atomic E-state index is 12.9. The number of carbonyl (C=O) groups excluding carboxylic acids is 1. The van der Waals surface area contributed by atoms with Gasteiger partial charge in [-0.25, -0.2) is 9.78 Å². The van der Waals surface area contributed by atoms with Gasteiger partial charge >= 0.3 is 5.97 Å². The molecule has 0 spiro atoms. The molecule has 3 aromatic carbocycles. The number of methoxy groups -OCH3 is 1. The van der Waals surface area contributed by atoms with Crippen molar-refractivity contribution in [2.24, 2.45) is 0 Å². The van der Waals surface area contributed by atoms with Gasteiger partial charge in [-0.2, -0.15) is 5.26 Å². The van der Waals surface area contributed by atoms with Crippen LogP contribution in [0.3, 0.4) is 0 Å². The monoisotopic (exact) mass is 575 g/mol. The minimum absolute atomic E-state index is 0.0193. The Kier molecular flexibility index (Phi) is 7.72. The van der Waals surface area contributed by atoms with Crippen molar-refractivity contribution in [3.8, 4) is 6.07 Å². The normalized spacial score (nSPS) is 20.7. The first-order valence-corrected chi connectivity index (χ1v) is 14.3. The van der Waals surface area contributed by atoms with Crippen molar-refractivity contribution < 1.29 is 23.7 Å². The number of fused-ring (bicyclic) bond motifs is 1. The van der Waals surface area contributed by atoms with E-state index in [9.17, 15) is 10.1 Å². The molecule has 2 heterocycles. The summed E-state index contributed by atoms with van der Waals surface area (Å²) in [4.78, 5) is 17.2. The fraction of sp³-hybridized carbons (Fsp3) is 0.286. The first kappa shape index (κ1) is 28.6. The topological polar surface area (TPSA) is 95.6 Å². The quantitative estimate of drug-likeness (QED) is 0.143. The summed E-state index contributed by atoms with van der Waals surface area (Å²) in [6.07, 6.45) is 2.71. The molecule has 1 aliphatic heterocycles. The zero-order valence-electron chi connectivity index (χ0n) is 24.3. The number of benzene rings is 3. The van der Waals surface area contributed by atoms with Crippen LogP contribution in [-0.4, -0.2) is 47.2 Å². The fourth-order valence-electron chi connectivity index (χ4n) is 6.21. The lowest BCUT2D eigenvalue weighted by molar-refractivity contribution is -0.148. The van der Waals surface area contributed by atoms with E-state index in [2.05, 4.69) is 47.5 Å². The minimum atomic E-state index is -0.917. The highest BCUT2D eigenvalue weighted by molar-refractivity contribution is 5.89. The molecule has 1 saturated heterocycles. The van der Waals surface area contributed by atoms with E-state index in [1.54, 1.807) is 10.9 Å². The van der Waals surface area contributed by atoms with Crippen LogP contribution in [0.1, 0.15) is 52.8 Å². The molecule has 218 valence electrons. The Balaban J connectivity index is 1.44. The Bertz CT molecular complexity index is 1560. The lowest BCUT2D eigenvalue weighted by Gasteiger charge is -2.36. The van der Waals surface area contributed by atoms with Crippen LogP contribution >= 0.6 is 0 Å². The second-order valence-electron chi connectivity index (χ2n) is 11.1. The number of rotatable bonds is 9. The third-order valence-corrected chi connectivity index (χ3v) is 8.03. The molecule has 1 aliphatic carbocycles. The maximum Gasteiger partial charge on any atom is 0.356 e. The van der Waals surface area contributed by atoms with Crippen molar-refractivity contribution in [1.82, 2.24) is 9.55 Å². The lowest BCUT2D eigenvalue weighted by Crippen LogP contribution is -2.35. The van der Waals surface area contributed by atoms with Gasteiger partial charge in [-0.3, -0.25) is 0 Å². The molecule has 0 saturated carbocycles. The van der Waals surface area contributed by atoms with Gasteiger partial charge < -0.3 is 23.5 Å². The molecular weight excluding hydrogens is 542 g/mol. The molecule has 4 aromatic rings. The van der Waals surface area contributed by atoms with E-state index in [-0.39, 0.29) is 18.7 Å². The van der Waals surface area contributed by atoms with Gasteiger partial charge in [-0.15, -0.1) is 0 Å². The van der Waals surface area contributed by atoms with Gasteiger partial charge in [0.15, 0.2) is 11.5 Å². The summed E-state index contributed by atoms with van der Waals surface area (Å²) < 4.78 is 26.7. The summed E-state index contributed by atoms with van der Waals surface area (Å²) in [5, 5.41) is 9.34. The van der Waals surface area contributed by atoms with Crippen LogP contribution < -0.4 is 0 Å². The van der Waals surface area contributed by atoms with Crippen LogP contribution in [0.4, 0.5) is 0 Å². The predicted octanol–water partition coefficient (Wildman–Crippen LogP) is 5.75. The van der Waals surface area contributed by atoms with Gasteiger partial charge in [-0.1, -0.05) is 97.1 Å². The van der Waals surface area contributed by atoms with E-state index >= 15 is 0 Å². The Labute approximate surface area is 251 Å². The summed E-state index contributed by atoms with van der Waals surface area (Å²) in [5.41, 5.74) is 3.54. The largest absolute Gasteiger partial charge is 0.464 e. The molecular formula is C35H33N3O5. The summed E-state index contributed by atoms with van der Waals surface area (Å²) in [7, 11) is 1.32. The number of nitrogens with zero attached hydrogens (tertiary/aromatic N) is 3. The number of ether oxygens (including phenoxy) is 4. The van der Waals surface area contributed by atoms with E-state index in [0.717, 1.165) is 22.3 Å². The Hall–Kier alpha value is -4.55. The zero-order chi connectivity index (χ0) is 30.0. The molecule has 1 fully saturated rings. The van der Waals surface area contributed by atoms with Gasteiger partial charge in [0.05, 0.1) is 44.3 Å². The van der Waals surface area contributed by atoms with Gasteiger partial charge in [-0.05, 0) is 36.1 Å². The van der Waals surface area contributed by atoms with Crippen LogP contribution in [-0.2, 0) is 31.0 Å². The summed E-state index contributed by atoms with van der Waals surface area (Å²) in [6, 6.07) is 32.2. The SMILES string of the molecule is COC(=O)c1c(CC#N)ncn1[C@H]1C=C(COC(c2ccccc2)(c2ccccc2)c2ccccc2)[C@H]2OC(C)(C)O[C@@H]21. The Morgan fingerprint density at radius 2 is 1.51 bits per heavy atom. The average molecular weight is 576 g/mol. The van der Waals surface area contributed by atoms with Crippen molar-refractivity contribution >= 4 is 5.97 Å². The van der Waals surface area contributed by atoms with Crippen molar-refractivity contribution in [2.75, 3.05) is 13.7 Å². The number of hydrogen-bond acceptors (Lipinski definition) is 7. The molecule has 1 aromatic heterocycles. The van der Waals surface area contributed by atoms with Gasteiger partial charge in [0.1, 0.15) is 17.8 Å². The molecule has 0 radical (unpaired) electrons. The molecule has 0 amide bonds. The Morgan fingerprint density at radius 3 is 2.02 bits per heavy atom. The molecule has 0 bridgehead atoms. The number of nitriles is 1. The van der Waals surface area contributed by atoms with Crippen LogP contribution in [0.15, 0.2) is 109 Å². The van der Waals surface area contributed by atoms with Crippen molar-refractivity contribution in [2.45, 2.75) is 49.9 Å². The third-order valence-electron chi connectivity index (χ3n) is 8.03. The van der Waals surface area contributed by atoms with Crippen LogP contribution in [0.25, 0.3) is 0 Å². The highest BCUT2D eigenvalue weighted by Gasteiger charge is 2.52. The first-order chi connectivity index (χ1) is 20.9. The van der Waals surface area contributed by atoms with E-state index in [4.69, 9.17) is 18.9 Å². The molecule has 3 atom stereocenters. The van der Waals surface area contributed by atoms with E-state index in [0.29, 0.717) is 5.69 Å². The standard InChI is InChI=1S/C35H33N3O5/c1-34(2)42-31-24(21-29(32(31)43-34)38-23-37-28(19-20-36)30(38)33(39)40-3)22-41-35(25-13-7-4-8-14-25,26-15-9-5-10-16-26)27-17-11-6-12-18-27/h4-18,21,23,29,31-32H,19,22H2,1-3H3/t29-,31+,32+/m0/s1. The van der Waals surface area contributed by atoms with Crippen molar-refractivity contribution in [1.29, 1.82) is 5.26 Å². The highest BCUT2D eigenvalue weighted by Crippen LogP contribution is 2.46. The second kappa shape index (κ2) is 11.6.